The summed E-state index contributed by atoms with van der Waals surface area (Å²) in [6, 6.07) is 10.9. The van der Waals surface area contributed by atoms with Gasteiger partial charge in [-0.25, -0.2) is 15.2 Å². The molecule has 7 nitrogen and oxygen atoms in total. The van der Waals surface area contributed by atoms with E-state index in [1.807, 2.05) is 6.07 Å². The Bertz CT molecular complexity index is 921. The fraction of sp³-hybridized carbons (Fsp3) is 0.263. The lowest BCUT2D eigenvalue weighted by atomic mass is 10.1. The van der Waals surface area contributed by atoms with Crippen molar-refractivity contribution in [3.8, 4) is 5.75 Å². The lowest BCUT2D eigenvalue weighted by Gasteiger charge is -2.13. The van der Waals surface area contributed by atoms with E-state index in [1.165, 1.54) is 12.1 Å². The van der Waals surface area contributed by atoms with Gasteiger partial charge in [0.15, 0.2) is 5.84 Å². The number of nitrogens with two attached hydrogens (primary N) is 2. The maximum absolute atomic E-state index is 13.6. The van der Waals surface area contributed by atoms with E-state index in [-0.39, 0.29) is 30.6 Å². The van der Waals surface area contributed by atoms with E-state index in [2.05, 4.69) is 15.4 Å². The average molecular weight is 423 g/mol. The van der Waals surface area contributed by atoms with Crippen molar-refractivity contribution in [1.82, 2.24) is 5.43 Å². The molecule has 2 aromatic carbocycles. The Labute approximate surface area is 170 Å². The topological polar surface area (TPSA) is 115 Å². The number of hydrogen-bond acceptors (Lipinski definition) is 4. The number of halogens is 2. The molecule has 0 heterocycles. The van der Waals surface area contributed by atoms with Gasteiger partial charge in [0, 0.05) is 35.3 Å². The second-order valence-corrected chi connectivity index (χ2v) is 7.43. The number of benzene rings is 2. The van der Waals surface area contributed by atoms with Crippen LogP contribution in [-0.2, 0) is 16.6 Å². The molecule has 10 heteroatoms. The summed E-state index contributed by atoms with van der Waals surface area (Å²) in [6.07, 6.45) is 1.78. The molecule has 0 bridgehead atoms. The predicted octanol–water partition coefficient (Wildman–Crippen LogP) is 2.30. The zero-order chi connectivity index (χ0) is 21.2. The van der Waals surface area contributed by atoms with E-state index in [9.17, 15) is 13.0 Å². The van der Waals surface area contributed by atoms with Crippen molar-refractivity contribution in [1.29, 1.82) is 0 Å². The van der Waals surface area contributed by atoms with E-state index in [0.29, 0.717) is 17.0 Å². The van der Waals surface area contributed by atoms with Crippen LogP contribution in [0.2, 0.25) is 0 Å². The van der Waals surface area contributed by atoms with E-state index in [1.54, 1.807) is 24.5 Å². The monoisotopic (exact) mass is 423 g/mol. The Morgan fingerprint density at radius 2 is 2.07 bits per heavy atom. The summed E-state index contributed by atoms with van der Waals surface area (Å²) in [5, 5.41) is 0. The lowest BCUT2D eigenvalue weighted by Crippen LogP contribution is -2.33. The fourth-order valence-electron chi connectivity index (χ4n) is 2.44. The Hall–Kier alpha value is -2.85. The molecule has 0 saturated carbocycles. The van der Waals surface area contributed by atoms with E-state index >= 15 is 0 Å². The first-order valence-electron chi connectivity index (χ1n) is 8.70. The molecule has 0 fully saturated rings. The number of aliphatic imine (C=N–C) groups is 2. The van der Waals surface area contributed by atoms with Crippen LogP contribution in [0.25, 0.3) is 0 Å². The van der Waals surface area contributed by atoms with Gasteiger partial charge in [-0.3, -0.25) is 8.60 Å². The van der Waals surface area contributed by atoms with Crippen LogP contribution >= 0.6 is 0 Å². The van der Waals surface area contributed by atoms with E-state index in [0.717, 1.165) is 11.6 Å². The van der Waals surface area contributed by atoms with Crippen LogP contribution in [0.1, 0.15) is 17.5 Å². The first kappa shape index (κ1) is 22.4. The Morgan fingerprint density at radius 3 is 2.76 bits per heavy atom. The molecule has 0 saturated heterocycles. The number of amidine groups is 1. The van der Waals surface area contributed by atoms with Crippen LogP contribution in [0.5, 0.6) is 5.75 Å². The third-order valence-corrected chi connectivity index (χ3v) is 4.36. The Morgan fingerprint density at radius 1 is 1.28 bits per heavy atom. The number of hydrazine groups is 1. The summed E-state index contributed by atoms with van der Waals surface area (Å²) in [5.41, 5.74) is 10.0. The quantitative estimate of drug-likeness (QED) is 0.198. The highest BCUT2D eigenvalue weighted by Gasteiger charge is 2.12. The number of guanidine groups is 1. The van der Waals surface area contributed by atoms with E-state index < -0.39 is 23.3 Å². The van der Waals surface area contributed by atoms with Crippen LogP contribution in [0.3, 0.4) is 0 Å². The van der Waals surface area contributed by atoms with Gasteiger partial charge in [-0.05, 0) is 29.8 Å². The molecule has 156 valence electrons. The van der Waals surface area contributed by atoms with Crippen molar-refractivity contribution in [2.45, 2.75) is 12.2 Å². The standard InChI is InChI=1S/C19H23F2N5O2S/c1-29(27)12-13-4-2-5-15(10-13)24-19(22)25-18(26-23)16-7-6-14(21)11-17(16)28-9-3-8-20/h2,4-7,10-11H,3,8-9,12,23H2,1H3,(H3,22,24,25,26). The van der Waals surface area contributed by atoms with Crippen molar-refractivity contribution >= 4 is 28.3 Å². The van der Waals surface area contributed by atoms with Crippen molar-refractivity contribution < 1.29 is 17.7 Å². The highest BCUT2D eigenvalue weighted by atomic mass is 32.2. The smallest absolute Gasteiger partial charge is 0.222 e. The van der Waals surface area contributed by atoms with Gasteiger partial charge in [0.1, 0.15) is 11.6 Å². The normalized spacial score (nSPS) is 13.2. The third kappa shape index (κ3) is 7.24. The maximum atomic E-state index is 13.6. The minimum atomic E-state index is -0.983. The molecule has 0 aliphatic carbocycles. The SMILES string of the molecule is CS(=O)Cc1cccc(N=C(N)N=C(NN)c2ccc(F)cc2OCCCF)c1. The van der Waals surface area contributed by atoms with Gasteiger partial charge in [-0.15, -0.1) is 0 Å². The summed E-state index contributed by atoms with van der Waals surface area (Å²) in [4.78, 5) is 8.35. The molecule has 0 aliphatic heterocycles. The molecule has 0 radical (unpaired) electrons. The van der Waals surface area contributed by atoms with E-state index in [4.69, 9.17) is 16.3 Å². The highest BCUT2D eigenvalue weighted by Crippen LogP contribution is 2.21. The number of alkyl halides is 1. The zero-order valence-electron chi connectivity index (χ0n) is 15.9. The summed E-state index contributed by atoms with van der Waals surface area (Å²) >= 11 is 0. The highest BCUT2D eigenvalue weighted by molar-refractivity contribution is 7.83. The minimum absolute atomic E-state index is 0.0694. The second kappa shape index (κ2) is 11.2. The van der Waals surface area contributed by atoms with Crippen LogP contribution in [0.4, 0.5) is 14.5 Å². The molecule has 2 aromatic rings. The summed E-state index contributed by atoms with van der Waals surface area (Å²) in [7, 11) is -0.983. The average Bonchev–Trinajstić information content (AvgIpc) is 2.66. The van der Waals surface area contributed by atoms with Gasteiger partial charge < -0.3 is 15.9 Å². The molecular formula is C19H23F2N5O2S. The van der Waals surface area contributed by atoms with Crippen molar-refractivity contribution in [3.05, 3.63) is 59.4 Å². The molecule has 0 aliphatic rings. The predicted molar refractivity (Wildman–Crippen MR) is 112 cm³/mol. The maximum Gasteiger partial charge on any atom is 0.222 e. The fourth-order valence-corrected chi connectivity index (χ4v) is 3.09. The third-order valence-electron chi connectivity index (χ3n) is 3.62. The van der Waals surface area contributed by atoms with Crippen molar-refractivity contribution in [2.24, 2.45) is 21.6 Å². The van der Waals surface area contributed by atoms with Crippen LogP contribution in [-0.4, -0.2) is 35.5 Å². The first-order valence-corrected chi connectivity index (χ1v) is 10.4. The molecule has 29 heavy (non-hydrogen) atoms. The molecule has 2 rings (SSSR count). The van der Waals surface area contributed by atoms with Crippen molar-refractivity contribution in [3.63, 3.8) is 0 Å². The van der Waals surface area contributed by atoms with Crippen LogP contribution < -0.4 is 21.7 Å². The molecule has 0 amide bonds. The zero-order valence-corrected chi connectivity index (χ0v) is 16.7. The molecular weight excluding hydrogens is 400 g/mol. The largest absolute Gasteiger partial charge is 0.493 e. The summed E-state index contributed by atoms with van der Waals surface area (Å²) in [5.74, 6) is 5.58. The number of rotatable bonds is 8. The number of hydrogen-bond donors (Lipinski definition) is 3. The Kier molecular flexibility index (Phi) is 8.68. The number of nitrogens with one attached hydrogen (secondary N) is 1. The Balaban J connectivity index is 2.31. The molecule has 5 N–H and O–H groups in total. The van der Waals surface area contributed by atoms with Crippen LogP contribution in [0, 0.1) is 5.82 Å². The molecule has 0 aromatic heterocycles. The summed E-state index contributed by atoms with van der Waals surface area (Å²) < 4.78 is 42.7. The van der Waals surface area contributed by atoms with Crippen molar-refractivity contribution in [2.75, 3.05) is 19.5 Å². The molecule has 0 spiro atoms. The minimum Gasteiger partial charge on any atom is -0.493 e. The van der Waals surface area contributed by atoms with Gasteiger partial charge >= 0.3 is 0 Å². The summed E-state index contributed by atoms with van der Waals surface area (Å²) in [6.45, 7) is -0.481. The van der Waals surface area contributed by atoms with Gasteiger partial charge in [-0.1, -0.05) is 12.1 Å². The van der Waals surface area contributed by atoms with Gasteiger partial charge in [-0.2, -0.15) is 4.99 Å². The lowest BCUT2D eigenvalue weighted by molar-refractivity contribution is 0.288. The van der Waals surface area contributed by atoms with Crippen LogP contribution in [0.15, 0.2) is 52.4 Å². The van der Waals surface area contributed by atoms with Gasteiger partial charge in [0.25, 0.3) is 0 Å². The van der Waals surface area contributed by atoms with Gasteiger partial charge in [0.2, 0.25) is 5.96 Å². The number of nitrogens with zero attached hydrogens (tertiary/aromatic N) is 2. The van der Waals surface area contributed by atoms with Gasteiger partial charge in [0.05, 0.1) is 24.5 Å². The number of ether oxygens (including phenoxy) is 1. The molecule has 1 unspecified atom stereocenters. The second-order valence-electron chi connectivity index (χ2n) is 5.99. The first-order chi connectivity index (χ1) is 13.9. The molecule has 1 atom stereocenters.